The SMILES string of the molecule is NC(=NCCCN(CCCN=C(N)NC(=O)c1nc(Cl)c(N)nc1N)CCCN=C(N)NC(=O)c1nc(Cl)c(N)nc1N)NC(=O)c1nc(Cl)c(N)nc1N.O=C(O)C(F)(F)F. The summed E-state index contributed by atoms with van der Waals surface area (Å²) in [6.07, 6.45) is -3.56. The van der Waals surface area contributed by atoms with Crippen LogP contribution in [0.25, 0.3) is 0 Å². The maximum Gasteiger partial charge on any atom is 0.490 e. The van der Waals surface area contributed by atoms with Crippen molar-refractivity contribution in [3.63, 3.8) is 0 Å². The molecule has 0 aromatic carbocycles. The number of nitrogen functional groups attached to an aromatic ring is 6. The maximum absolute atomic E-state index is 12.5. The Morgan fingerprint density at radius 1 is 0.532 bits per heavy atom. The molecular weight excluding hydrogens is 900 g/mol. The van der Waals surface area contributed by atoms with E-state index in [2.05, 4.69) is 65.7 Å². The highest BCUT2D eigenvalue weighted by Gasteiger charge is 2.38. The van der Waals surface area contributed by atoms with Gasteiger partial charge in [0.2, 0.25) is 0 Å². The molecule has 0 aliphatic heterocycles. The summed E-state index contributed by atoms with van der Waals surface area (Å²) in [5.41, 5.74) is 50.6. The molecule has 3 amide bonds. The molecule has 3 aromatic rings. The van der Waals surface area contributed by atoms with Gasteiger partial charge < -0.3 is 61.6 Å². The molecular formula is C29H40Cl3F3N22O5. The standard InChI is InChI=1S/C27H39Cl3N22O3.C2HF3O2/c28-13-19(34)46-16(31)10(43-13)22(53)49-25(37)40-4-1-7-52(8-2-5-41-26(38)50-23(54)11-17(32)47-20(35)14(29)44-11)9-3-6-42-27(39)51-24(55)12-18(33)48-21(36)15(30)45-12;3-2(4,5)1(6)7/h1-9H2,(H4,31,34,46)(H4,32,35,47)(H4,33,36,48)(H3,37,40,49,53)(H3,38,41,50,54)(H3,39,42,51,55);(H,6,7). The Hall–Kier alpha value is -7.05. The summed E-state index contributed by atoms with van der Waals surface area (Å²) in [6, 6.07) is 0. The number of hydrogen-bond acceptors (Lipinski definition) is 20. The van der Waals surface area contributed by atoms with E-state index in [4.69, 9.17) is 96.3 Å². The van der Waals surface area contributed by atoms with Crippen LogP contribution in [0.3, 0.4) is 0 Å². The van der Waals surface area contributed by atoms with Crippen molar-refractivity contribution in [3.05, 3.63) is 32.5 Å². The fourth-order valence-electron chi connectivity index (χ4n) is 4.29. The van der Waals surface area contributed by atoms with Crippen LogP contribution < -0.4 is 67.6 Å². The fourth-order valence-corrected chi connectivity index (χ4v) is 4.67. The Morgan fingerprint density at radius 3 is 1.00 bits per heavy atom. The molecule has 0 fully saturated rings. The summed E-state index contributed by atoms with van der Waals surface area (Å²) in [4.78, 5) is 83.8. The number of carbonyl (C=O) groups excluding carboxylic acids is 3. The number of nitrogens with zero attached hydrogens (tertiary/aromatic N) is 10. The van der Waals surface area contributed by atoms with E-state index in [1.807, 2.05) is 0 Å². The van der Waals surface area contributed by atoms with Crippen LogP contribution in [-0.2, 0) is 4.79 Å². The van der Waals surface area contributed by atoms with Crippen molar-refractivity contribution in [2.75, 3.05) is 73.7 Å². The van der Waals surface area contributed by atoms with Gasteiger partial charge in [-0.05, 0) is 38.9 Å². The highest BCUT2D eigenvalue weighted by atomic mass is 35.5. The number of aliphatic imine (C=N–C) groups is 3. The number of nitrogens with two attached hydrogens (primary N) is 9. The van der Waals surface area contributed by atoms with Gasteiger partial charge in [-0.1, -0.05) is 34.8 Å². The zero-order valence-corrected chi connectivity index (χ0v) is 34.1. The average Bonchev–Trinajstić information content (AvgIpc) is 3.17. The minimum atomic E-state index is -5.08. The first-order valence-electron chi connectivity index (χ1n) is 17.0. The number of guanidine groups is 3. The molecule has 0 saturated carbocycles. The first kappa shape index (κ1) is 51.1. The van der Waals surface area contributed by atoms with Gasteiger partial charge in [-0.3, -0.25) is 45.3 Å². The highest BCUT2D eigenvalue weighted by Crippen LogP contribution is 2.19. The van der Waals surface area contributed by atoms with Crippen molar-refractivity contribution in [2.24, 2.45) is 32.2 Å². The number of carboxylic acids is 1. The second-order valence-corrected chi connectivity index (χ2v) is 12.8. The van der Waals surface area contributed by atoms with Crippen LogP contribution in [0.2, 0.25) is 15.5 Å². The Balaban J connectivity index is 0.00000173. The summed E-state index contributed by atoms with van der Waals surface area (Å²) < 4.78 is 31.7. The van der Waals surface area contributed by atoms with Crippen LogP contribution in [0.15, 0.2) is 15.0 Å². The van der Waals surface area contributed by atoms with E-state index < -0.39 is 29.9 Å². The fraction of sp³-hybridized carbons (Fsp3) is 0.345. The second-order valence-electron chi connectivity index (χ2n) is 11.8. The lowest BCUT2D eigenvalue weighted by Gasteiger charge is -2.21. The Morgan fingerprint density at radius 2 is 0.774 bits per heavy atom. The van der Waals surface area contributed by atoms with Gasteiger partial charge in [0.15, 0.2) is 85.3 Å². The predicted molar refractivity (Wildman–Crippen MR) is 223 cm³/mol. The zero-order chi connectivity index (χ0) is 46.9. The summed E-state index contributed by atoms with van der Waals surface area (Å²) >= 11 is 17.5. The van der Waals surface area contributed by atoms with Gasteiger partial charge in [0.25, 0.3) is 17.7 Å². The molecule has 0 aliphatic carbocycles. The van der Waals surface area contributed by atoms with E-state index in [0.717, 1.165) is 0 Å². The maximum atomic E-state index is 12.5. The number of halogens is 6. The van der Waals surface area contributed by atoms with Gasteiger partial charge in [-0.25, -0.2) is 34.7 Å². The molecule has 3 aromatic heterocycles. The summed E-state index contributed by atoms with van der Waals surface area (Å²) in [5, 5.41) is 13.6. The van der Waals surface area contributed by atoms with Crippen LogP contribution in [0, 0.1) is 0 Å². The molecule has 62 heavy (non-hydrogen) atoms. The molecule has 0 bridgehead atoms. The molecule has 338 valence electrons. The minimum Gasteiger partial charge on any atom is -0.475 e. The van der Waals surface area contributed by atoms with Gasteiger partial charge in [0, 0.05) is 19.6 Å². The number of aromatic nitrogens is 6. The summed E-state index contributed by atoms with van der Waals surface area (Å²) in [5.74, 6) is -6.74. The zero-order valence-electron chi connectivity index (χ0n) is 31.9. The lowest BCUT2D eigenvalue weighted by Crippen LogP contribution is -2.38. The number of carbonyl (C=O) groups is 4. The Labute approximate surface area is 362 Å². The van der Waals surface area contributed by atoms with Crippen molar-refractivity contribution in [3.8, 4) is 0 Å². The molecule has 0 unspecified atom stereocenters. The lowest BCUT2D eigenvalue weighted by atomic mass is 10.3. The number of aliphatic carboxylic acids is 1. The van der Waals surface area contributed by atoms with Crippen molar-refractivity contribution in [1.29, 1.82) is 0 Å². The molecule has 0 saturated heterocycles. The third-order valence-corrected chi connectivity index (χ3v) is 7.91. The summed E-state index contributed by atoms with van der Waals surface area (Å²) in [7, 11) is 0. The topological polar surface area (TPSA) is 476 Å². The van der Waals surface area contributed by atoms with Crippen molar-refractivity contribution in [2.45, 2.75) is 25.4 Å². The van der Waals surface area contributed by atoms with Crippen LogP contribution >= 0.6 is 34.8 Å². The third kappa shape index (κ3) is 16.9. The van der Waals surface area contributed by atoms with E-state index in [0.29, 0.717) is 38.9 Å². The van der Waals surface area contributed by atoms with Crippen LogP contribution in [0.4, 0.5) is 48.1 Å². The predicted octanol–water partition coefficient (Wildman–Crippen LogP) is -1.85. The highest BCUT2D eigenvalue weighted by molar-refractivity contribution is 6.32. The molecule has 3 rings (SSSR count). The molecule has 0 atom stereocenters. The van der Waals surface area contributed by atoms with Gasteiger partial charge in [0.05, 0.1) is 0 Å². The minimum absolute atomic E-state index is 0.131. The number of rotatable bonds is 15. The quantitative estimate of drug-likeness (QED) is 0.0452. The molecule has 27 nitrogen and oxygen atoms in total. The smallest absolute Gasteiger partial charge is 0.475 e. The average molecular weight is 940 g/mol. The summed E-state index contributed by atoms with van der Waals surface area (Å²) in [6.45, 7) is 2.24. The molecule has 3 heterocycles. The van der Waals surface area contributed by atoms with E-state index >= 15 is 0 Å². The van der Waals surface area contributed by atoms with E-state index in [1.165, 1.54) is 0 Å². The normalized spacial score (nSPS) is 12.0. The third-order valence-electron chi connectivity index (χ3n) is 7.07. The van der Waals surface area contributed by atoms with E-state index in [9.17, 15) is 27.6 Å². The molecule has 0 aliphatic rings. The van der Waals surface area contributed by atoms with Gasteiger partial charge >= 0.3 is 12.1 Å². The van der Waals surface area contributed by atoms with Crippen molar-refractivity contribution >= 4 is 111 Å². The monoisotopic (exact) mass is 938 g/mol. The molecule has 0 radical (unpaired) electrons. The number of amides is 3. The van der Waals surface area contributed by atoms with Gasteiger partial charge in [-0.2, -0.15) is 13.2 Å². The van der Waals surface area contributed by atoms with Crippen LogP contribution in [-0.4, -0.2) is 127 Å². The second kappa shape index (κ2) is 23.7. The number of carboxylic acid groups (broad SMARTS) is 1. The number of nitrogens with one attached hydrogen (secondary N) is 3. The number of alkyl halides is 3. The molecule has 22 N–H and O–H groups in total. The largest absolute Gasteiger partial charge is 0.490 e. The number of anilines is 6. The van der Waals surface area contributed by atoms with Crippen molar-refractivity contribution < 1.29 is 37.5 Å². The lowest BCUT2D eigenvalue weighted by molar-refractivity contribution is -0.192. The Bertz CT molecular complexity index is 1990. The van der Waals surface area contributed by atoms with Crippen molar-refractivity contribution in [1.82, 2.24) is 50.8 Å². The first-order chi connectivity index (χ1) is 28.9. The first-order valence-corrected chi connectivity index (χ1v) is 18.2. The van der Waals surface area contributed by atoms with Gasteiger partial charge in [-0.15, -0.1) is 0 Å². The number of hydrogen-bond donors (Lipinski definition) is 13. The van der Waals surface area contributed by atoms with Crippen LogP contribution in [0.5, 0.6) is 0 Å². The molecule has 0 spiro atoms. The van der Waals surface area contributed by atoms with E-state index in [-0.39, 0.29) is 105 Å². The van der Waals surface area contributed by atoms with E-state index in [1.54, 1.807) is 0 Å². The van der Waals surface area contributed by atoms with Crippen LogP contribution in [0.1, 0.15) is 50.7 Å². The van der Waals surface area contributed by atoms with Gasteiger partial charge in [0.1, 0.15) is 0 Å². The molecule has 33 heteroatoms. The Kier molecular flexibility index (Phi) is 19.5.